The molecule has 1 aromatic carbocycles. The van der Waals surface area contributed by atoms with Crippen LogP contribution in [0.3, 0.4) is 0 Å². The first-order valence-electron chi connectivity index (χ1n) is 8.30. The fraction of sp³-hybridized carbons (Fsp3) is 0.389. The van der Waals surface area contributed by atoms with Crippen molar-refractivity contribution in [3.63, 3.8) is 0 Å². The summed E-state index contributed by atoms with van der Waals surface area (Å²) in [5.74, 6) is 0.935. The van der Waals surface area contributed by atoms with Crippen LogP contribution in [0.5, 0.6) is 11.5 Å². The molecule has 0 fully saturated rings. The number of halogens is 2. The molecule has 2 N–H and O–H groups in total. The minimum absolute atomic E-state index is 0.0471. The minimum atomic E-state index is -2.92. The predicted molar refractivity (Wildman–Crippen MR) is 100 cm³/mol. The molecular formula is C18H23F2N3O2S. The van der Waals surface area contributed by atoms with E-state index in [9.17, 15) is 8.78 Å². The maximum atomic E-state index is 12.8. The van der Waals surface area contributed by atoms with E-state index >= 15 is 0 Å². The van der Waals surface area contributed by atoms with Crippen molar-refractivity contribution in [3.8, 4) is 11.5 Å². The molecule has 0 atom stereocenters. The maximum absolute atomic E-state index is 12.8. The van der Waals surface area contributed by atoms with E-state index in [0.717, 1.165) is 13.0 Å². The molecule has 142 valence electrons. The fourth-order valence-corrected chi connectivity index (χ4v) is 3.06. The number of thiophene rings is 1. The highest BCUT2D eigenvalue weighted by atomic mass is 32.1. The van der Waals surface area contributed by atoms with E-state index in [1.807, 2.05) is 11.4 Å². The number of benzene rings is 1. The summed E-state index contributed by atoms with van der Waals surface area (Å²) in [5, 5.41) is 8.35. The van der Waals surface area contributed by atoms with Gasteiger partial charge in [-0.15, -0.1) is 11.3 Å². The van der Waals surface area contributed by atoms with Crippen LogP contribution >= 0.6 is 11.3 Å². The Kier molecular flexibility index (Phi) is 8.14. The zero-order valence-corrected chi connectivity index (χ0v) is 15.6. The van der Waals surface area contributed by atoms with Crippen LogP contribution in [0.25, 0.3) is 0 Å². The van der Waals surface area contributed by atoms with Gasteiger partial charge in [0.05, 0.1) is 6.61 Å². The summed E-state index contributed by atoms with van der Waals surface area (Å²) >= 11 is 1.70. The number of ether oxygens (including phenoxy) is 2. The number of para-hydroxylation sites is 1. The van der Waals surface area contributed by atoms with E-state index in [-0.39, 0.29) is 12.3 Å². The summed E-state index contributed by atoms with van der Waals surface area (Å²) in [6.07, 6.45) is 0.887. The van der Waals surface area contributed by atoms with Gasteiger partial charge in [-0.2, -0.15) is 8.78 Å². The Morgan fingerprint density at radius 2 is 2.08 bits per heavy atom. The average molecular weight is 383 g/mol. The number of hydrogen-bond donors (Lipinski definition) is 2. The first-order valence-corrected chi connectivity index (χ1v) is 9.18. The molecule has 0 radical (unpaired) electrons. The lowest BCUT2D eigenvalue weighted by molar-refractivity contribution is -0.0520. The first-order chi connectivity index (χ1) is 12.6. The fourth-order valence-electron chi connectivity index (χ4n) is 2.35. The van der Waals surface area contributed by atoms with Crippen LogP contribution < -0.4 is 20.1 Å². The van der Waals surface area contributed by atoms with Gasteiger partial charge in [0.15, 0.2) is 17.5 Å². The quantitative estimate of drug-likeness (QED) is 0.513. The van der Waals surface area contributed by atoms with Crippen LogP contribution in [0.15, 0.2) is 40.7 Å². The molecule has 2 rings (SSSR count). The molecule has 0 saturated carbocycles. The van der Waals surface area contributed by atoms with Crippen molar-refractivity contribution in [3.05, 3.63) is 46.2 Å². The van der Waals surface area contributed by atoms with Crippen LogP contribution in [-0.2, 0) is 13.0 Å². The third-order valence-corrected chi connectivity index (χ3v) is 4.42. The van der Waals surface area contributed by atoms with Crippen molar-refractivity contribution in [1.29, 1.82) is 0 Å². The lowest BCUT2D eigenvalue weighted by atomic mass is 10.2. The molecule has 0 unspecified atom stereocenters. The molecule has 0 saturated heterocycles. The molecule has 0 aliphatic heterocycles. The van der Waals surface area contributed by atoms with E-state index in [0.29, 0.717) is 23.9 Å². The van der Waals surface area contributed by atoms with Crippen molar-refractivity contribution in [2.45, 2.75) is 26.5 Å². The van der Waals surface area contributed by atoms with E-state index in [1.165, 1.54) is 4.88 Å². The summed E-state index contributed by atoms with van der Waals surface area (Å²) in [7, 11) is 1.66. The number of alkyl halides is 2. The average Bonchev–Trinajstić information content (AvgIpc) is 3.13. The summed E-state index contributed by atoms with van der Waals surface area (Å²) in [6.45, 7) is 0.235. The van der Waals surface area contributed by atoms with Crippen molar-refractivity contribution < 1.29 is 18.3 Å². The van der Waals surface area contributed by atoms with Gasteiger partial charge in [0.1, 0.15) is 0 Å². The number of hydrogen-bond acceptors (Lipinski definition) is 4. The van der Waals surface area contributed by atoms with Gasteiger partial charge in [0, 0.05) is 30.6 Å². The molecule has 1 heterocycles. The zero-order valence-electron chi connectivity index (χ0n) is 14.8. The number of aliphatic imine (C=N–C) groups is 1. The van der Waals surface area contributed by atoms with Crippen molar-refractivity contribution in [2.75, 3.05) is 20.2 Å². The lowest BCUT2D eigenvalue weighted by Gasteiger charge is -2.17. The Bertz CT molecular complexity index is 694. The molecule has 0 amide bonds. The standard InChI is InChI=1S/C18H23F2N3O2S/c1-3-24-15-8-4-6-13(16(15)25-17(19)20)12-23-18(21-2)22-10-9-14-7-5-11-26-14/h4-8,11,17H,3,9-10,12H2,1-2H3,(H2,21,22,23). The van der Waals surface area contributed by atoms with Gasteiger partial charge in [0.25, 0.3) is 0 Å². The van der Waals surface area contributed by atoms with Gasteiger partial charge < -0.3 is 20.1 Å². The molecular weight excluding hydrogens is 360 g/mol. The van der Waals surface area contributed by atoms with Gasteiger partial charge in [0.2, 0.25) is 0 Å². The molecule has 8 heteroatoms. The minimum Gasteiger partial charge on any atom is -0.490 e. The third kappa shape index (κ3) is 6.18. The number of nitrogens with one attached hydrogen (secondary N) is 2. The molecule has 0 aliphatic rings. The summed E-state index contributed by atoms with van der Waals surface area (Å²) < 4.78 is 35.6. The van der Waals surface area contributed by atoms with E-state index in [4.69, 9.17) is 4.74 Å². The monoisotopic (exact) mass is 383 g/mol. The van der Waals surface area contributed by atoms with Crippen LogP contribution in [-0.4, -0.2) is 32.8 Å². The molecule has 0 spiro atoms. The van der Waals surface area contributed by atoms with Gasteiger partial charge in [-0.05, 0) is 30.9 Å². The molecule has 1 aromatic heterocycles. The zero-order chi connectivity index (χ0) is 18.8. The highest BCUT2D eigenvalue weighted by Gasteiger charge is 2.15. The molecule has 26 heavy (non-hydrogen) atoms. The largest absolute Gasteiger partial charge is 0.490 e. The smallest absolute Gasteiger partial charge is 0.387 e. The third-order valence-electron chi connectivity index (χ3n) is 3.48. The molecule has 5 nitrogen and oxygen atoms in total. The summed E-state index contributed by atoms with van der Waals surface area (Å²) in [6, 6.07) is 9.16. The topological polar surface area (TPSA) is 54.9 Å². The number of nitrogens with zero attached hydrogens (tertiary/aromatic N) is 1. The Labute approximate surface area is 156 Å². The van der Waals surface area contributed by atoms with Crippen LogP contribution in [0, 0.1) is 0 Å². The normalized spacial score (nSPS) is 11.5. The second-order valence-electron chi connectivity index (χ2n) is 5.24. The van der Waals surface area contributed by atoms with Crippen LogP contribution in [0.1, 0.15) is 17.4 Å². The van der Waals surface area contributed by atoms with E-state index in [2.05, 4.69) is 26.4 Å². The van der Waals surface area contributed by atoms with E-state index < -0.39 is 6.61 Å². The summed E-state index contributed by atoms with van der Waals surface area (Å²) in [4.78, 5) is 5.43. The van der Waals surface area contributed by atoms with Crippen molar-refractivity contribution in [2.24, 2.45) is 4.99 Å². The Hall–Kier alpha value is -2.35. The van der Waals surface area contributed by atoms with Gasteiger partial charge in [-0.3, -0.25) is 4.99 Å². The molecule has 2 aromatic rings. The Morgan fingerprint density at radius 3 is 2.73 bits per heavy atom. The maximum Gasteiger partial charge on any atom is 0.387 e. The Morgan fingerprint density at radius 1 is 1.23 bits per heavy atom. The molecule has 0 bridgehead atoms. The van der Waals surface area contributed by atoms with Gasteiger partial charge in [-0.25, -0.2) is 0 Å². The van der Waals surface area contributed by atoms with Gasteiger partial charge >= 0.3 is 6.61 Å². The summed E-state index contributed by atoms with van der Waals surface area (Å²) in [5.41, 5.74) is 0.567. The highest BCUT2D eigenvalue weighted by molar-refractivity contribution is 7.09. The van der Waals surface area contributed by atoms with Crippen molar-refractivity contribution in [1.82, 2.24) is 10.6 Å². The van der Waals surface area contributed by atoms with Crippen LogP contribution in [0.4, 0.5) is 8.78 Å². The van der Waals surface area contributed by atoms with Crippen molar-refractivity contribution >= 4 is 17.3 Å². The number of guanidine groups is 1. The van der Waals surface area contributed by atoms with E-state index in [1.54, 1.807) is 43.5 Å². The second kappa shape index (κ2) is 10.6. The first kappa shape index (κ1) is 20.0. The molecule has 0 aliphatic carbocycles. The predicted octanol–water partition coefficient (Wildman–Crippen LogP) is 3.66. The highest BCUT2D eigenvalue weighted by Crippen LogP contribution is 2.32. The van der Waals surface area contributed by atoms with Gasteiger partial charge in [-0.1, -0.05) is 18.2 Å². The Balaban J connectivity index is 1.96. The lowest BCUT2D eigenvalue weighted by Crippen LogP contribution is -2.37. The SMILES string of the molecule is CCOc1cccc(CNC(=NC)NCCc2cccs2)c1OC(F)F. The van der Waals surface area contributed by atoms with Crippen LogP contribution in [0.2, 0.25) is 0 Å². The number of rotatable bonds is 9. The second-order valence-corrected chi connectivity index (χ2v) is 6.27.